The fourth-order valence-electron chi connectivity index (χ4n) is 2.17. The molecule has 0 fully saturated rings. The largest absolute Gasteiger partial charge is 0.465 e. The van der Waals surface area contributed by atoms with Crippen molar-refractivity contribution >= 4 is 0 Å². The highest BCUT2D eigenvalue weighted by Crippen LogP contribution is 2.29. The molecule has 1 heterocycles. The van der Waals surface area contributed by atoms with Crippen LogP contribution in [-0.4, -0.2) is 29.6 Å². The molecule has 0 saturated carbocycles. The fraction of sp³-hybridized carbons (Fsp3) is 0.333. The molecule has 0 aliphatic rings. The Morgan fingerprint density at radius 3 is 2.38 bits per heavy atom. The van der Waals surface area contributed by atoms with Gasteiger partial charge in [0.2, 0.25) is 5.60 Å². The van der Waals surface area contributed by atoms with E-state index in [9.17, 15) is 5.11 Å². The van der Waals surface area contributed by atoms with Gasteiger partial charge in [-0.1, -0.05) is 56.0 Å². The molecule has 0 amide bonds. The Labute approximate surface area is 126 Å². The predicted octanol–water partition coefficient (Wildman–Crippen LogP) is 2.86. The summed E-state index contributed by atoms with van der Waals surface area (Å²) in [5.74, 6) is 6.51. The summed E-state index contributed by atoms with van der Waals surface area (Å²) in [7, 11) is 0. The van der Waals surface area contributed by atoms with Crippen molar-refractivity contribution in [3.05, 3.63) is 60.1 Å². The zero-order valence-electron chi connectivity index (χ0n) is 12.5. The predicted molar refractivity (Wildman–Crippen MR) is 83.7 cm³/mol. The molecule has 0 aliphatic carbocycles. The number of hydrogen-bond donors (Lipinski definition) is 1. The monoisotopic (exact) mass is 283 g/mol. The lowest BCUT2D eigenvalue weighted by Gasteiger charge is -2.21. The lowest BCUT2D eigenvalue weighted by Crippen LogP contribution is -2.26. The summed E-state index contributed by atoms with van der Waals surface area (Å²) in [6, 6.07) is 12.9. The minimum absolute atomic E-state index is 0.445. The van der Waals surface area contributed by atoms with Crippen molar-refractivity contribution < 1.29 is 9.52 Å². The van der Waals surface area contributed by atoms with Crippen molar-refractivity contribution in [2.75, 3.05) is 19.6 Å². The van der Waals surface area contributed by atoms with E-state index in [-0.39, 0.29) is 0 Å². The third-order valence-electron chi connectivity index (χ3n) is 3.54. The molecule has 0 spiro atoms. The standard InChI is InChI=1S/C18H21NO2/c1-3-19(4-2)14-9-13-18(20,17-12-8-15-21-17)16-10-6-5-7-11-16/h5-8,10-12,15,20H,3-4,14H2,1-2H3. The van der Waals surface area contributed by atoms with E-state index in [0.717, 1.165) is 13.1 Å². The molecule has 1 unspecified atom stereocenters. The first-order valence-corrected chi connectivity index (χ1v) is 7.25. The van der Waals surface area contributed by atoms with E-state index in [2.05, 4.69) is 30.6 Å². The molecule has 3 heteroatoms. The first kappa shape index (κ1) is 15.4. The van der Waals surface area contributed by atoms with Gasteiger partial charge in [0.25, 0.3) is 0 Å². The maximum Gasteiger partial charge on any atom is 0.209 e. The quantitative estimate of drug-likeness (QED) is 0.857. The molecule has 0 radical (unpaired) electrons. The van der Waals surface area contributed by atoms with Crippen LogP contribution in [0.1, 0.15) is 25.2 Å². The molecule has 2 aromatic rings. The second kappa shape index (κ2) is 7.12. The summed E-state index contributed by atoms with van der Waals surface area (Å²) in [6.45, 7) is 6.70. The van der Waals surface area contributed by atoms with Crippen molar-refractivity contribution in [1.29, 1.82) is 0 Å². The van der Waals surface area contributed by atoms with Gasteiger partial charge in [-0.05, 0) is 25.2 Å². The molecule has 1 aromatic heterocycles. The summed E-state index contributed by atoms with van der Waals surface area (Å²) in [4.78, 5) is 2.19. The highest BCUT2D eigenvalue weighted by molar-refractivity contribution is 5.40. The Balaban J connectivity index is 2.33. The SMILES string of the molecule is CCN(CC)CC#CC(O)(c1ccccc1)c1ccco1. The van der Waals surface area contributed by atoms with Gasteiger partial charge in [-0.25, -0.2) is 0 Å². The molecule has 2 rings (SSSR count). The Morgan fingerprint density at radius 2 is 1.81 bits per heavy atom. The van der Waals surface area contributed by atoms with Crippen LogP contribution < -0.4 is 0 Å². The van der Waals surface area contributed by atoms with E-state index in [0.29, 0.717) is 17.9 Å². The number of benzene rings is 1. The van der Waals surface area contributed by atoms with E-state index in [4.69, 9.17) is 4.42 Å². The van der Waals surface area contributed by atoms with Gasteiger partial charge >= 0.3 is 0 Å². The van der Waals surface area contributed by atoms with Crippen LogP contribution in [0.5, 0.6) is 0 Å². The first-order chi connectivity index (χ1) is 10.2. The van der Waals surface area contributed by atoms with Crippen molar-refractivity contribution in [2.45, 2.75) is 19.4 Å². The first-order valence-electron chi connectivity index (χ1n) is 7.25. The maximum absolute atomic E-state index is 11.0. The Morgan fingerprint density at radius 1 is 1.10 bits per heavy atom. The van der Waals surface area contributed by atoms with Gasteiger partial charge < -0.3 is 9.52 Å². The van der Waals surface area contributed by atoms with Gasteiger partial charge in [0.15, 0.2) is 5.76 Å². The zero-order valence-corrected chi connectivity index (χ0v) is 12.5. The van der Waals surface area contributed by atoms with Crippen LogP contribution in [0.25, 0.3) is 0 Å². The molecule has 1 aromatic carbocycles. The average molecular weight is 283 g/mol. The lowest BCUT2D eigenvalue weighted by molar-refractivity contribution is 0.117. The van der Waals surface area contributed by atoms with Crippen LogP contribution in [0.2, 0.25) is 0 Å². The number of hydrogen-bond acceptors (Lipinski definition) is 3. The van der Waals surface area contributed by atoms with E-state index in [1.54, 1.807) is 18.4 Å². The topological polar surface area (TPSA) is 36.6 Å². The van der Waals surface area contributed by atoms with Gasteiger partial charge in [0, 0.05) is 5.56 Å². The van der Waals surface area contributed by atoms with Gasteiger partial charge in [0.1, 0.15) is 0 Å². The summed E-state index contributed by atoms with van der Waals surface area (Å²) >= 11 is 0. The van der Waals surface area contributed by atoms with Crippen LogP contribution in [0.3, 0.4) is 0 Å². The van der Waals surface area contributed by atoms with Crippen LogP contribution in [0, 0.1) is 11.8 Å². The highest BCUT2D eigenvalue weighted by atomic mass is 16.4. The smallest absolute Gasteiger partial charge is 0.209 e. The van der Waals surface area contributed by atoms with E-state index in [1.807, 2.05) is 30.3 Å². The van der Waals surface area contributed by atoms with Crippen molar-refractivity contribution in [3.63, 3.8) is 0 Å². The summed E-state index contributed by atoms with van der Waals surface area (Å²) < 4.78 is 5.40. The van der Waals surface area contributed by atoms with Crippen molar-refractivity contribution in [3.8, 4) is 11.8 Å². The van der Waals surface area contributed by atoms with Gasteiger partial charge in [-0.3, -0.25) is 4.90 Å². The summed E-state index contributed by atoms with van der Waals surface area (Å²) in [5.41, 5.74) is -0.690. The molecule has 110 valence electrons. The third-order valence-corrected chi connectivity index (χ3v) is 3.54. The van der Waals surface area contributed by atoms with Crippen molar-refractivity contribution in [2.24, 2.45) is 0 Å². The van der Waals surface area contributed by atoms with Crippen LogP contribution in [0.15, 0.2) is 53.1 Å². The number of furan rings is 1. The van der Waals surface area contributed by atoms with Crippen LogP contribution >= 0.6 is 0 Å². The van der Waals surface area contributed by atoms with Gasteiger partial charge in [-0.15, -0.1) is 0 Å². The lowest BCUT2D eigenvalue weighted by atomic mass is 9.92. The van der Waals surface area contributed by atoms with Crippen molar-refractivity contribution in [1.82, 2.24) is 4.90 Å². The molecule has 0 bridgehead atoms. The zero-order chi connectivity index (χ0) is 15.1. The minimum atomic E-state index is -1.40. The molecule has 0 saturated heterocycles. The number of rotatable bonds is 5. The molecular formula is C18H21NO2. The second-order valence-electron chi connectivity index (χ2n) is 4.82. The van der Waals surface area contributed by atoms with Crippen LogP contribution in [0.4, 0.5) is 0 Å². The normalized spacial score (nSPS) is 13.5. The van der Waals surface area contributed by atoms with E-state index >= 15 is 0 Å². The molecule has 1 N–H and O–H groups in total. The molecule has 1 atom stereocenters. The molecule has 3 nitrogen and oxygen atoms in total. The third kappa shape index (κ3) is 3.55. The average Bonchev–Trinajstić information content (AvgIpc) is 3.07. The molecular weight excluding hydrogens is 262 g/mol. The Bertz CT molecular complexity index is 591. The fourth-order valence-corrected chi connectivity index (χ4v) is 2.17. The molecule has 0 aliphatic heterocycles. The number of aliphatic hydroxyl groups is 1. The second-order valence-corrected chi connectivity index (χ2v) is 4.82. The van der Waals surface area contributed by atoms with Crippen LogP contribution in [-0.2, 0) is 5.60 Å². The van der Waals surface area contributed by atoms with E-state index < -0.39 is 5.60 Å². The summed E-state index contributed by atoms with van der Waals surface area (Å²) in [6.07, 6.45) is 1.55. The minimum Gasteiger partial charge on any atom is -0.465 e. The Kier molecular flexibility index (Phi) is 5.21. The highest BCUT2D eigenvalue weighted by Gasteiger charge is 2.32. The van der Waals surface area contributed by atoms with Gasteiger partial charge in [-0.2, -0.15) is 0 Å². The van der Waals surface area contributed by atoms with E-state index in [1.165, 1.54) is 0 Å². The molecule has 21 heavy (non-hydrogen) atoms. The Hall–Kier alpha value is -2.02. The number of nitrogens with zero attached hydrogens (tertiary/aromatic N) is 1. The maximum atomic E-state index is 11.0. The van der Waals surface area contributed by atoms with Gasteiger partial charge in [0.05, 0.1) is 12.8 Å². The summed E-state index contributed by atoms with van der Waals surface area (Å²) in [5, 5.41) is 11.0.